The summed E-state index contributed by atoms with van der Waals surface area (Å²) in [6, 6.07) is 17.3. The number of carbonyl (C=O) groups is 1. The lowest BCUT2D eigenvalue weighted by Crippen LogP contribution is -2.40. The molecule has 152 valence electrons. The maximum Gasteiger partial charge on any atom is 0.350 e. The summed E-state index contributed by atoms with van der Waals surface area (Å²) in [6.45, 7) is 1.26. The first-order valence-corrected chi connectivity index (χ1v) is 10.2. The number of nitrogens with one attached hydrogen (secondary N) is 1. The lowest BCUT2D eigenvalue weighted by atomic mass is 9.96. The van der Waals surface area contributed by atoms with Crippen LogP contribution in [0.1, 0.15) is 34.9 Å². The highest BCUT2D eigenvalue weighted by Gasteiger charge is 2.30. The number of hydrogen-bond donors (Lipinski definition) is 1. The summed E-state index contributed by atoms with van der Waals surface area (Å²) >= 11 is 0. The molecule has 5 rings (SSSR count). The van der Waals surface area contributed by atoms with Crippen LogP contribution in [0.2, 0.25) is 0 Å². The maximum atomic E-state index is 13.2. The van der Waals surface area contributed by atoms with E-state index in [4.69, 9.17) is 0 Å². The van der Waals surface area contributed by atoms with Crippen molar-refractivity contribution in [2.45, 2.75) is 18.8 Å². The Morgan fingerprint density at radius 2 is 1.97 bits per heavy atom. The number of aromatic nitrogens is 4. The van der Waals surface area contributed by atoms with E-state index in [0.29, 0.717) is 24.5 Å². The molecule has 4 aromatic rings. The SMILES string of the molecule is Cn1nc(C2CCCN(C(=O)c3ccc4[nH]ccc4c3)C2)n(-c2ccccc2)c1=O. The summed E-state index contributed by atoms with van der Waals surface area (Å²) in [5, 5.41) is 5.56. The van der Waals surface area contributed by atoms with E-state index in [0.717, 1.165) is 29.4 Å². The largest absolute Gasteiger partial charge is 0.361 e. The van der Waals surface area contributed by atoms with Crippen molar-refractivity contribution in [1.82, 2.24) is 24.2 Å². The Balaban J connectivity index is 1.45. The third-order valence-electron chi connectivity index (χ3n) is 5.84. The fourth-order valence-electron chi connectivity index (χ4n) is 4.31. The number of piperidine rings is 1. The molecule has 1 aliphatic heterocycles. The van der Waals surface area contributed by atoms with Gasteiger partial charge in [0.1, 0.15) is 5.82 Å². The Morgan fingerprint density at radius 1 is 1.13 bits per heavy atom. The molecule has 2 aromatic heterocycles. The lowest BCUT2D eigenvalue weighted by molar-refractivity contribution is 0.0704. The van der Waals surface area contributed by atoms with E-state index in [-0.39, 0.29) is 17.5 Å². The fourth-order valence-corrected chi connectivity index (χ4v) is 4.31. The number of rotatable bonds is 3. The predicted octanol–water partition coefficient (Wildman–Crippen LogP) is 3.07. The zero-order valence-corrected chi connectivity index (χ0v) is 16.8. The van der Waals surface area contributed by atoms with Gasteiger partial charge >= 0.3 is 5.69 Å². The van der Waals surface area contributed by atoms with Crippen LogP contribution >= 0.6 is 0 Å². The van der Waals surface area contributed by atoms with Crippen molar-refractivity contribution in [1.29, 1.82) is 0 Å². The van der Waals surface area contributed by atoms with Gasteiger partial charge in [-0.1, -0.05) is 18.2 Å². The molecule has 1 saturated heterocycles. The van der Waals surface area contributed by atoms with Crippen LogP contribution in [0.4, 0.5) is 0 Å². The minimum Gasteiger partial charge on any atom is -0.361 e. The van der Waals surface area contributed by atoms with Crippen LogP contribution in [0.5, 0.6) is 0 Å². The first-order chi connectivity index (χ1) is 14.6. The maximum absolute atomic E-state index is 13.2. The monoisotopic (exact) mass is 401 g/mol. The molecule has 3 heterocycles. The first-order valence-electron chi connectivity index (χ1n) is 10.2. The van der Waals surface area contributed by atoms with Crippen molar-refractivity contribution in [2.75, 3.05) is 13.1 Å². The van der Waals surface area contributed by atoms with Crippen LogP contribution in [0.15, 0.2) is 65.6 Å². The average Bonchev–Trinajstić information content (AvgIpc) is 3.37. The van der Waals surface area contributed by atoms with Crippen molar-refractivity contribution in [2.24, 2.45) is 7.05 Å². The summed E-state index contributed by atoms with van der Waals surface area (Å²) in [6.07, 6.45) is 3.64. The Bertz CT molecular complexity index is 1270. The van der Waals surface area contributed by atoms with Gasteiger partial charge in [0.05, 0.1) is 5.69 Å². The Labute approximate surface area is 173 Å². The van der Waals surface area contributed by atoms with Crippen molar-refractivity contribution < 1.29 is 4.79 Å². The van der Waals surface area contributed by atoms with E-state index < -0.39 is 0 Å². The summed E-state index contributed by atoms with van der Waals surface area (Å²) in [4.78, 5) is 31.0. The molecule has 0 radical (unpaired) electrons. The van der Waals surface area contributed by atoms with Crippen LogP contribution in [0.25, 0.3) is 16.6 Å². The lowest BCUT2D eigenvalue weighted by Gasteiger charge is -2.32. The molecular weight excluding hydrogens is 378 g/mol. The molecule has 0 aliphatic carbocycles. The summed E-state index contributed by atoms with van der Waals surface area (Å²) < 4.78 is 3.05. The number of fused-ring (bicyclic) bond motifs is 1. The van der Waals surface area contributed by atoms with Crippen LogP contribution < -0.4 is 5.69 Å². The minimum absolute atomic E-state index is 0.00722. The summed E-state index contributed by atoms with van der Waals surface area (Å²) in [5.41, 5.74) is 2.33. The Morgan fingerprint density at radius 3 is 2.80 bits per heavy atom. The molecule has 0 bridgehead atoms. The van der Waals surface area contributed by atoms with Crippen molar-refractivity contribution in [3.63, 3.8) is 0 Å². The molecule has 2 aromatic carbocycles. The molecule has 1 atom stereocenters. The van der Waals surface area contributed by atoms with Crippen LogP contribution in [-0.4, -0.2) is 43.2 Å². The van der Waals surface area contributed by atoms with Crippen molar-refractivity contribution in [3.05, 3.63) is 82.7 Å². The van der Waals surface area contributed by atoms with Gasteiger partial charge in [-0.05, 0) is 49.2 Å². The molecule has 7 heteroatoms. The highest BCUT2D eigenvalue weighted by Crippen LogP contribution is 2.28. The Kier molecular flexibility index (Phi) is 4.50. The third kappa shape index (κ3) is 3.12. The van der Waals surface area contributed by atoms with E-state index in [1.165, 1.54) is 4.68 Å². The first kappa shape index (κ1) is 18.4. The highest BCUT2D eigenvalue weighted by atomic mass is 16.2. The molecule has 0 spiro atoms. The smallest absolute Gasteiger partial charge is 0.350 e. The number of amides is 1. The number of aryl methyl sites for hydroxylation is 1. The standard InChI is InChI=1S/C23H23N5O2/c1-26-23(30)28(19-7-3-2-4-8-19)21(25-26)18-6-5-13-27(15-18)22(29)17-9-10-20-16(14-17)11-12-24-20/h2-4,7-12,14,18,24H,5-6,13,15H2,1H3. The molecule has 1 aliphatic rings. The zero-order valence-electron chi connectivity index (χ0n) is 16.8. The van der Waals surface area contributed by atoms with Gasteiger partial charge in [-0.3, -0.25) is 4.79 Å². The highest BCUT2D eigenvalue weighted by molar-refractivity contribution is 5.98. The van der Waals surface area contributed by atoms with Crippen molar-refractivity contribution >= 4 is 16.8 Å². The number of aromatic amines is 1. The van der Waals surface area contributed by atoms with E-state index >= 15 is 0 Å². The molecule has 30 heavy (non-hydrogen) atoms. The molecule has 1 amide bonds. The predicted molar refractivity (Wildman–Crippen MR) is 115 cm³/mol. The third-order valence-corrected chi connectivity index (χ3v) is 5.84. The second-order valence-corrected chi connectivity index (χ2v) is 7.81. The van der Waals surface area contributed by atoms with Crippen molar-refractivity contribution in [3.8, 4) is 5.69 Å². The topological polar surface area (TPSA) is 75.9 Å². The van der Waals surface area contributed by atoms with Gasteiger partial charge in [0.15, 0.2) is 0 Å². The molecule has 1 unspecified atom stereocenters. The normalized spacial score (nSPS) is 16.8. The molecule has 0 saturated carbocycles. The number of nitrogens with zero attached hydrogens (tertiary/aromatic N) is 4. The number of likely N-dealkylation sites (tertiary alicyclic amines) is 1. The summed E-state index contributed by atoms with van der Waals surface area (Å²) in [7, 11) is 1.67. The van der Waals surface area contributed by atoms with Gasteiger partial charge in [0.2, 0.25) is 0 Å². The molecule has 1 N–H and O–H groups in total. The number of H-pyrrole nitrogens is 1. The molecular formula is C23H23N5O2. The fraction of sp³-hybridized carbons (Fsp3) is 0.261. The minimum atomic E-state index is -0.169. The van der Waals surface area contributed by atoms with E-state index in [2.05, 4.69) is 10.1 Å². The summed E-state index contributed by atoms with van der Waals surface area (Å²) in [5.74, 6) is 0.743. The van der Waals surface area contributed by atoms with Gasteiger partial charge in [-0.2, -0.15) is 5.10 Å². The molecule has 7 nitrogen and oxygen atoms in total. The number of carbonyl (C=O) groups excluding carboxylic acids is 1. The zero-order chi connectivity index (χ0) is 20.7. The van der Waals surface area contributed by atoms with Gasteiger partial charge in [-0.25, -0.2) is 14.0 Å². The van der Waals surface area contributed by atoms with Gasteiger partial charge in [-0.15, -0.1) is 0 Å². The number of hydrogen-bond acceptors (Lipinski definition) is 3. The second-order valence-electron chi connectivity index (χ2n) is 7.81. The average molecular weight is 401 g/mol. The quantitative estimate of drug-likeness (QED) is 0.573. The number of para-hydroxylation sites is 1. The van der Waals surface area contributed by atoms with E-state index in [9.17, 15) is 9.59 Å². The van der Waals surface area contributed by atoms with Gasteiger partial charge in [0.25, 0.3) is 5.91 Å². The van der Waals surface area contributed by atoms with Crippen LogP contribution in [0.3, 0.4) is 0 Å². The van der Waals surface area contributed by atoms with E-state index in [1.807, 2.05) is 65.7 Å². The van der Waals surface area contributed by atoms with Crippen LogP contribution in [0, 0.1) is 0 Å². The molecule has 1 fully saturated rings. The van der Waals surface area contributed by atoms with Gasteiger partial charge < -0.3 is 9.88 Å². The Hall–Kier alpha value is -3.61. The van der Waals surface area contributed by atoms with Crippen LogP contribution in [-0.2, 0) is 7.05 Å². The second kappa shape index (κ2) is 7.33. The van der Waals surface area contributed by atoms with E-state index in [1.54, 1.807) is 11.6 Å². The number of benzene rings is 2. The van der Waals surface area contributed by atoms with Gasteiger partial charge in [0, 0.05) is 48.7 Å².